The molecule has 2 N–H and O–H groups in total. The molecule has 2 aromatic heterocycles. The van der Waals surface area contributed by atoms with Crippen LogP contribution in [-0.4, -0.2) is 22.0 Å². The Morgan fingerprint density at radius 3 is 2.72 bits per heavy atom. The van der Waals surface area contributed by atoms with E-state index in [9.17, 15) is 9.59 Å². The molecule has 0 fully saturated rings. The van der Waals surface area contributed by atoms with Crippen LogP contribution in [0.4, 0.5) is 5.69 Å². The highest BCUT2D eigenvalue weighted by Gasteiger charge is 2.10. The summed E-state index contributed by atoms with van der Waals surface area (Å²) < 4.78 is 0.512. The average Bonchev–Trinajstić information content (AvgIpc) is 2.76. The number of amides is 1. The number of pyridine rings is 1. The molecule has 0 aromatic carbocycles. The molecule has 0 aliphatic rings. The third kappa shape index (κ3) is 2.85. The van der Waals surface area contributed by atoms with Gasteiger partial charge in [-0.05, 0) is 18.2 Å². The van der Waals surface area contributed by atoms with Crippen molar-refractivity contribution in [3.63, 3.8) is 0 Å². The zero-order chi connectivity index (χ0) is 13.1. The van der Waals surface area contributed by atoms with Crippen LogP contribution in [0.15, 0.2) is 30.6 Å². The summed E-state index contributed by atoms with van der Waals surface area (Å²) >= 11 is 6.86. The van der Waals surface area contributed by atoms with E-state index in [0.717, 1.165) is 11.3 Å². The summed E-state index contributed by atoms with van der Waals surface area (Å²) in [5, 5.41) is 11.3. The number of carboxylic acid groups (broad SMARTS) is 1. The Kier molecular flexibility index (Phi) is 3.59. The number of nitrogens with one attached hydrogen (secondary N) is 1. The topological polar surface area (TPSA) is 79.3 Å². The fourth-order valence-electron chi connectivity index (χ4n) is 1.25. The second-order valence-corrected chi connectivity index (χ2v) is 5.04. The molecule has 2 heterocycles. The van der Waals surface area contributed by atoms with Crippen LogP contribution in [0.5, 0.6) is 0 Å². The second kappa shape index (κ2) is 5.16. The first kappa shape index (κ1) is 12.5. The van der Waals surface area contributed by atoms with Gasteiger partial charge in [0, 0.05) is 6.20 Å². The molecule has 18 heavy (non-hydrogen) atoms. The lowest BCUT2D eigenvalue weighted by molar-refractivity contribution is 0.0696. The zero-order valence-corrected chi connectivity index (χ0v) is 10.5. The summed E-state index contributed by atoms with van der Waals surface area (Å²) in [5.41, 5.74) is 0.335. The molecule has 2 rings (SSSR count). The Balaban J connectivity index is 2.16. The van der Waals surface area contributed by atoms with Gasteiger partial charge in [0.15, 0.2) is 0 Å². The van der Waals surface area contributed by atoms with Gasteiger partial charge in [-0.15, -0.1) is 11.3 Å². The predicted molar refractivity (Wildman–Crippen MR) is 68.5 cm³/mol. The Bertz CT molecular complexity index is 612. The minimum atomic E-state index is -1.10. The molecule has 5 nitrogen and oxygen atoms in total. The van der Waals surface area contributed by atoms with E-state index in [4.69, 9.17) is 16.7 Å². The summed E-state index contributed by atoms with van der Waals surface area (Å²) in [4.78, 5) is 26.7. The highest BCUT2D eigenvalue weighted by molar-refractivity contribution is 7.18. The fraction of sp³-hybridized carbons (Fsp3) is 0. The number of carbonyl (C=O) groups is 2. The SMILES string of the molecule is O=C(O)c1cncc(NC(=O)c2ccc(Cl)s2)c1. The normalized spacial score (nSPS) is 10.1. The van der Waals surface area contributed by atoms with Crippen LogP contribution in [-0.2, 0) is 0 Å². The number of thiophene rings is 1. The minimum absolute atomic E-state index is 0.0111. The molecule has 2 aromatic rings. The van der Waals surface area contributed by atoms with E-state index in [1.165, 1.54) is 18.5 Å². The molecule has 0 bridgehead atoms. The molecule has 0 unspecified atom stereocenters. The third-order valence-corrected chi connectivity index (χ3v) is 3.27. The summed E-state index contributed by atoms with van der Waals surface area (Å²) in [7, 11) is 0. The molecule has 0 saturated heterocycles. The molecule has 0 aliphatic carbocycles. The molecule has 0 atom stereocenters. The van der Waals surface area contributed by atoms with Gasteiger partial charge < -0.3 is 10.4 Å². The van der Waals surface area contributed by atoms with Crippen LogP contribution < -0.4 is 5.32 Å². The van der Waals surface area contributed by atoms with E-state index in [0.29, 0.717) is 14.9 Å². The lowest BCUT2D eigenvalue weighted by Gasteiger charge is -2.03. The number of carboxylic acids is 1. The molecule has 0 radical (unpaired) electrons. The Morgan fingerprint density at radius 2 is 2.11 bits per heavy atom. The van der Waals surface area contributed by atoms with Crippen molar-refractivity contribution in [3.05, 3.63) is 45.4 Å². The molecule has 0 aliphatic heterocycles. The number of rotatable bonds is 3. The number of carbonyl (C=O) groups excluding carboxylic acids is 1. The molecular weight excluding hydrogens is 276 g/mol. The van der Waals surface area contributed by atoms with Gasteiger partial charge >= 0.3 is 5.97 Å². The van der Waals surface area contributed by atoms with Crippen LogP contribution in [0.1, 0.15) is 20.0 Å². The van der Waals surface area contributed by atoms with Crippen molar-refractivity contribution in [2.75, 3.05) is 5.32 Å². The number of halogens is 1. The maximum absolute atomic E-state index is 11.8. The van der Waals surface area contributed by atoms with Crippen molar-refractivity contribution in [1.29, 1.82) is 0 Å². The highest BCUT2D eigenvalue weighted by atomic mass is 35.5. The maximum atomic E-state index is 11.8. The minimum Gasteiger partial charge on any atom is -0.478 e. The lowest BCUT2D eigenvalue weighted by Crippen LogP contribution is -2.11. The predicted octanol–water partition coefficient (Wildman–Crippen LogP) is 2.75. The average molecular weight is 283 g/mol. The van der Waals surface area contributed by atoms with Gasteiger partial charge in [-0.2, -0.15) is 0 Å². The highest BCUT2D eigenvalue weighted by Crippen LogP contribution is 2.22. The summed E-state index contributed by atoms with van der Waals surface area (Å²) in [5.74, 6) is -1.45. The van der Waals surface area contributed by atoms with Crippen LogP contribution in [0.25, 0.3) is 0 Å². The van der Waals surface area contributed by atoms with Crippen molar-refractivity contribution in [3.8, 4) is 0 Å². The van der Waals surface area contributed by atoms with E-state index in [-0.39, 0.29) is 11.5 Å². The maximum Gasteiger partial charge on any atom is 0.337 e. The van der Waals surface area contributed by atoms with Crippen molar-refractivity contribution in [1.82, 2.24) is 4.98 Å². The molecule has 1 amide bonds. The number of anilines is 1. The van der Waals surface area contributed by atoms with E-state index < -0.39 is 5.97 Å². The zero-order valence-electron chi connectivity index (χ0n) is 8.88. The van der Waals surface area contributed by atoms with Crippen molar-refractivity contribution in [2.24, 2.45) is 0 Å². The van der Waals surface area contributed by atoms with Gasteiger partial charge in [-0.3, -0.25) is 9.78 Å². The number of nitrogens with zero attached hydrogens (tertiary/aromatic N) is 1. The first-order chi connectivity index (χ1) is 8.56. The summed E-state index contributed by atoms with van der Waals surface area (Å²) in [6.45, 7) is 0. The number of hydrogen-bond donors (Lipinski definition) is 2. The Morgan fingerprint density at radius 1 is 1.33 bits per heavy atom. The smallest absolute Gasteiger partial charge is 0.337 e. The summed E-state index contributed by atoms with van der Waals surface area (Å²) in [6, 6.07) is 4.55. The van der Waals surface area contributed by atoms with Gasteiger partial charge in [0.25, 0.3) is 5.91 Å². The fourth-order valence-corrected chi connectivity index (χ4v) is 2.19. The molecule has 0 spiro atoms. The van der Waals surface area contributed by atoms with Gasteiger partial charge in [0.1, 0.15) is 0 Å². The molecule has 0 saturated carbocycles. The van der Waals surface area contributed by atoms with Gasteiger partial charge in [0.05, 0.1) is 26.7 Å². The van der Waals surface area contributed by atoms with Crippen LogP contribution in [0, 0.1) is 0 Å². The quantitative estimate of drug-likeness (QED) is 0.907. The number of aromatic carboxylic acids is 1. The lowest BCUT2D eigenvalue weighted by atomic mass is 10.2. The number of aromatic nitrogens is 1. The molecule has 7 heteroatoms. The first-order valence-corrected chi connectivity index (χ1v) is 6.01. The molecule has 92 valence electrons. The standard InChI is InChI=1S/C11H7ClN2O3S/c12-9-2-1-8(18-9)10(15)14-7-3-6(11(16)17)4-13-5-7/h1-5H,(H,14,15)(H,16,17). The van der Waals surface area contributed by atoms with Crippen LogP contribution in [0.2, 0.25) is 4.34 Å². The van der Waals surface area contributed by atoms with Gasteiger partial charge in [-0.25, -0.2) is 4.79 Å². The Hall–Kier alpha value is -1.92. The largest absolute Gasteiger partial charge is 0.478 e. The third-order valence-electron chi connectivity index (χ3n) is 2.04. The second-order valence-electron chi connectivity index (χ2n) is 3.33. The van der Waals surface area contributed by atoms with E-state index in [2.05, 4.69) is 10.3 Å². The van der Waals surface area contributed by atoms with E-state index in [1.807, 2.05) is 0 Å². The van der Waals surface area contributed by atoms with Crippen LogP contribution in [0.3, 0.4) is 0 Å². The monoisotopic (exact) mass is 282 g/mol. The Labute approximate surface area is 111 Å². The van der Waals surface area contributed by atoms with Crippen LogP contribution >= 0.6 is 22.9 Å². The van der Waals surface area contributed by atoms with Crippen molar-refractivity contribution >= 4 is 40.5 Å². The van der Waals surface area contributed by atoms with Crippen molar-refractivity contribution in [2.45, 2.75) is 0 Å². The summed E-state index contributed by atoms with van der Waals surface area (Å²) in [6.07, 6.45) is 2.58. The van der Waals surface area contributed by atoms with Gasteiger partial charge in [0.2, 0.25) is 0 Å². The van der Waals surface area contributed by atoms with E-state index >= 15 is 0 Å². The van der Waals surface area contributed by atoms with Gasteiger partial charge in [-0.1, -0.05) is 11.6 Å². The number of hydrogen-bond acceptors (Lipinski definition) is 4. The van der Waals surface area contributed by atoms with Crippen molar-refractivity contribution < 1.29 is 14.7 Å². The first-order valence-electron chi connectivity index (χ1n) is 4.81. The van der Waals surface area contributed by atoms with E-state index in [1.54, 1.807) is 12.1 Å². The molecular formula is C11H7ClN2O3S.